The standard InChI is InChI=1S/C10H17N3O2S/c1-6(11)9-12-7(5-16-9)8(14)13-15-10(2,3)4/h5-6H,11H2,1-4H3,(H,13,14). The Kier molecular flexibility index (Phi) is 4.01. The Hall–Kier alpha value is -0.980. The van der Waals surface area contributed by atoms with E-state index in [0.717, 1.165) is 5.01 Å². The van der Waals surface area contributed by atoms with E-state index in [-0.39, 0.29) is 11.9 Å². The fourth-order valence-electron chi connectivity index (χ4n) is 0.853. The monoisotopic (exact) mass is 243 g/mol. The van der Waals surface area contributed by atoms with E-state index in [0.29, 0.717) is 5.69 Å². The first-order valence-corrected chi connectivity index (χ1v) is 5.87. The van der Waals surface area contributed by atoms with Gasteiger partial charge in [-0.05, 0) is 27.7 Å². The second kappa shape index (κ2) is 4.90. The molecule has 0 saturated carbocycles. The van der Waals surface area contributed by atoms with Crippen LogP contribution in [0, 0.1) is 0 Å². The van der Waals surface area contributed by atoms with E-state index in [1.54, 1.807) is 5.38 Å². The van der Waals surface area contributed by atoms with Crippen molar-refractivity contribution < 1.29 is 9.63 Å². The first-order valence-electron chi connectivity index (χ1n) is 4.99. The molecular weight excluding hydrogens is 226 g/mol. The van der Waals surface area contributed by atoms with Gasteiger partial charge in [0.05, 0.1) is 11.6 Å². The number of nitrogens with one attached hydrogen (secondary N) is 1. The third kappa shape index (κ3) is 3.88. The zero-order valence-corrected chi connectivity index (χ0v) is 10.7. The van der Waals surface area contributed by atoms with E-state index < -0.39 is 5.60 Å². The van der Waals surface area contributed by atoms with E-state index in [2.05, 4.69) is 10.5 Å². The molecule has 0 aliphatic carbocycles. The molecule has 1 atom stereocenters. The molecule has 1 rings (SSSR count). The molecule has 1 aromatic rings. The summed E-state index contributed by atoms with van der Waals surface area (Å²) in [5.74, 6) is -0.349. The molecule has 6 heteroatoms. The van der Waals surface area contributed by atoms with E-state index >= 15 is 0 Å². The van der Waals surface area contributed by atoms with Crippen LogP contribution in [0.25, 0.3) is 0 Å². The van der Waals surface area contributed by atoms with E-state index in [1.807, 2.05) is 27.7 Å². The number of hydrogen-bond donors (Lipinski definition) is 2. The van der Waals surface area contributed by atoms with E-state index in [4.69, 9.17) is 10.6 Å². The second-order valence-corrected chi connectivity index (χ2v) is 5.39. The topological polar surface area (TPSA) is 77.2 Å². The quantitative estimate of drug-likeness (QED) is 0.791. The summed E-state index contributed by atoms with van der Waals surface area (Å²) in [6, 6.07) is -0.157. The lowest BCUT2D eigenvalue weighted by molar-refractivity contribution is -0.0591. The van der Waals surface area contributed by atoms with Crippen molar-refractivity contribution in [3.05, 3.63) is 16.1 Å². The van der Waals surface area contributed by atoms with Gasteiger partial charge in [0.15, 0.2) is 0 Å². The van der Waals surface area contributed by atoms with Crippen LogP contribution < -0.4 is 11.2 Å². The molecule has 1 heterocycles. The van der Waals surface area contributed by atoms with Gasteiger partial charge in [-0.15, -0.1) is 11.3 Å². The van der Waals surface area contributed by atoms with Crippen molar-refractivity contribution >= 4 is 17.2 Å². The summed E-state index contributed by atoms with van der Waals surface area (Å²) in [7, 11) is 0. The van der Waals surface area contributed by atoms with Gasteiger partial charge < -0.3 is 5.73 Å². The molecule has 0 saturated heterocycles. The first-order chi connectivity index (χ1) is 7.29. The van der Waals surface area contributed by atoms with Gasteiger partial charge in [-0.25, -0.2) is 10.5 Å². The van der Waals surface area contributed by atoms with Crippen LogP contribution in [0.4, 0.5) is 0 Å². The Bertz CT molecular complexity index is 368. The van der Waals surface area contributed by atoms with Crippen LogP contribution in [0.15, 0.2) is 5.38 Å². The molecule has 0 aliphatic heterocycles. The van der Waals surface area contributed by atoms with Crippen LogP contribution in [0.5, 0.6) is 0 Å². The minimum atomic E-state index is -0.421. The number of aromatic nitrogens is 1. The molecule has 5 nitrogen and oxygen atoms in total. The number of rotatable bonds is 3. The predicted molar refractivity (Wildman–Crippen MR) is 63.0 cm³/mol. The number of thiazole rings is 1. The van der Waals surface area contributed by atoms with Crippen molar-refractivity contribution in [1.82, 2.24) is 10.5 Å². The van der Waals surface area contributed by atoms with Crippen LogP contribution in [0.3, 0.4) is 0 Å². The Balaban J connectivity index is 2.60. The van der Waals surface area contributed by atoms with Crippen LogP contribution in [0.2, 0.25) is 0 Å². The normalized spacial score (nSPS) is 13.6. The molecule has 0 bridgehead atoms. The van der Waals surface area contributed by atoms with Gasteiger partial charge in [-0.1, -0.05) is 0 Å². The highest BCUT2D eigenvalue weighted by atomic mass is 32.1. The number of carbonyl (C=O) groups excluding carboxylic acids is 1. The molecule has 0 fully saturated rings. The molecule has 0 radical (unpaired) electrons. The molecule has 1 aromatic heterocycles. The van der Waals surface area contributed by atoms with Crippen LogP contribution in [-0.2, 0) is 4.84 Å². The molecule has 1 amide bonds. The lowest BCUT2D eigenvalue weighted by Crippen LogP contribution is -2.33. The molecule has 0 spiro atoms. The maximum absolute atomic E-state index is 11.6. The number of hydroxylamine groups is 1. The maximum Gasteiger partial charge on any atom is 0.294 e. The number of nitrogens with two attached hydrogens (primary N) is 1. The number of carbonyl (C=O) groups is 1. The van der Waals surface area contributed by atoms with Gasteiger partial charge in [0.2, 0.25) is 0 Å². The predicted octanol–water partition coefficient (Wildman–Crippen LogP) is 1.62. The van der Waals surface area contributed by atoms with Crippen molar-refractivity contribution in [2.24, 2.45) is 5.73 Å². The Labute approximate surface area is 99.0 Å². The Morgan fingerprint density at radius 3 is 2.69 bits per heavy atom. The minimum Gasteiger partial charge on any atom is -0.322 e. The van der Waals surface area contributed by atoms with Crippen LogP contribution in [0.1, 0.15) is 49.2 Å². The average molecular weight is 243 g/mol. The van der Waals surface area contributed by atoms with Gasteiger partial charge in [0, 0.05) is 5.38 Å². The molecule has 0 aliphatic rings. The Morgan fingerprint density at radius 1 is 1.62 bits per heavy atom. The summed E-state index contributed by atoms with van der Waals surface area (Å²) in [6.07, 6.45) is 0. The highest BCUT2D eigenvalue weighted by Crippen LogP contribution is 2.15. The SMILES string of the molecule is CC(N)c1nc(C(=O)NOC(C)(C)C)cs1. The van der Waals surface area contributed by atoms with Gasteiger partial charge >= 0.3 is 0 Å². The van der Waals surface area contributed by atoms with Gasteiger partial charge in [-0.2, -0.15) is 0 Å². The lowest BCUT2D eigenvalue weighted by Gasteiger charge is -2.18. The van der Waals surface area contributed by atoms with Crippen molar-refractivity contribution in [3.63, 3.8) is 0 Å². The fraction of sp³-hybridized carbons (Fsp3) is 0.600. The number of amides is 1. The summed E-state index contributed by atoms with van der Waals surface area (Å²) < 4.78 is 0. The van der Waals surface area contributed by atoms with Crippen molar-refractivity contribution in [2.75, 3.05) is 0 Å². The minimum absolute atomic E-state index is 0.157. The van der Waals surface area contributed by atoms with Crippen molar-refractivity contribution in [1.29, 1.82) is 0 Å². The highest BCUT2D eigenvalue weighted by molar-refractivity contribution is 7.09. The lowest BCUT2D eigenvalue weighted by atomic mass is 10.2. The third-order valence-corrected chi connectivity index (χ3v) is 2.64. The van der Waals surface area contributed by atoms with Crippen molar-refractivity contribution in [2.45, 2.75) is 39.3 Å². The summed E-state index contributed by atoms with van der Waals surface area (Å²) in [4.78, 5) is 20.9. The van der Waals surface area contributed by atoms with Crippen LogP contribution >= 0.6 is 11.3 Å². The molecular formula is C10H17N3O2S. The Morgan fingerprint density at radius 2 is 2.25 bits per heavy atom. The molecule has 90 valence electrons. The van der Waals surface area contributed by atoms with Gasteiger partial charge in [0.25, 0.3) is 5.91 Å². The fourth-order valence-corrected chi connectivity index (χ4v) is 1.61. The second-order valence-electron chi connectivity index (χ2n) is 4.51. The third-order valence-electron chi connectivity index (χ3n) is 1.59. The van der Waals surface area contributed by atoms with Gasteiger partial charge in [-0.3, -0.25) is 9.63 Å². The molecule has 1 unspecified atom stereocenters. The zero-order chi connectivity index (χ0) is 12.3. The zero-order valence-electron chi connectivity index (χ0n) is 9.90. The van der Waals surface area contributed by atoms with E-state index in [1.165, 1.54) is 11.3 Å². The van der Waals surface area contributed by atoms with Gasteiger partial charge in [0.1, 0.15) is 10.7 Å². The van der Waals surface area contributed by atoms with Crippen molar-refractivity contribution in [3.8, 4) is 0 Å². The molecule has 3 N–H and O–H groups in total. The number of nitrogens with zero attached hydrogens (tertiary/aromatic N) is 1. The summed E-state index contributed by atoms with van der Waals surface area (Å²) in [5, 5.41) is 2.40. The van der Waals surface area contributed by atoms with Crippen LogP contribution in [-0.4, -0.2) is 16.5 Å². The first kappa shape index (κ1) is 13.1. The maximum atomic E-state index is 11.6. The molecule has 0 aromatic carbocycles. The average Bonchev–Trinajstić information content (AvgIpc) is 2.61. The largest absolute Gasteiger partial charge is 0.322 e. The summed E-state index contributed by atoms with van der Waals surface area (Å²) in [6.45, 7) is 7.37. The highest BCUT2D eigenvalue weighted by Gasteiger charge is 2.16. The number of hydrogen-bond acceptors (Lipinski definition) is 5. The van der Waals surface area contributed by atoms with E-state index in [9.17, 15) is 4.79 Å². The molecule has 16 heavy (non-hydrogen) atoms. The summed E-state index contributed by atoms with van der Waals surface area (Å²) in [5.41, 5.74) is 7.92. The smallest absolute Gasteiger partial charge is 0.294 e. The summed E-state index contributed by atoms with van der Waals surface area (Å²) >= 11 is 1.37.